The molecule has 0 bridgehead atoms. The smallest absolute Gasteiger partial charge is 0.259 e. The molecule has 120 valence electrons. The van der Waals surface area contributed by atoms with Crippen LogP contribution in [0.4, 0.5) is 5.95 Å². The molecule has 6 nitrogen and oxygen atoms in total. The molecule has 2 fully saturated rings. The Balaban J connectivity index is 1.48. The quantitative estimate of drug-likeness (QED) is 0.940. The van der Waals surface area contributed by atoms with Crippen LogP contribution in [-0.4, -0.2) is 25.7 Å². The standard InChI is InChI=1S/C17H21N5O/c23-16(14-7-4-10-18-15(14)12-8-9-12)20-17-19-11-22(21-17)13-5-2-1-3-6-13/h4,7,10-13H,1-3,5-6,8-9H2,(H,20,21,23). The van der Waals surface area contributed by atoms with E-state index in [0.717, 1.165) is 31.4 Å². The Kier molecular flexibility index (Phi) is 3.81. The van der Waals surface area contributed by atoms with Crippen molar-refractivity contribution in [3.63, 3.8) is 0 Å². The maximum absolute atomic E-state index is 12.5. The fourth-order valence-electron chi connectivity index (χ4n) is 3.31. The molecule has 2 aliphatic rings. The van der Waals surface area contributed by atoms with E-state index < -0.39 is 0 Å². The van der Waals surface area contributed by atoms with Crippen molar-refractivity contribution in [1.82, 2.24) is 19.7 Å². The van der Waals surface area contributed by atoms with Gasteiger partial charge in [0.05, 0.1) is 17.3 Å². The van der Waals surface area contributed by atoms with Crippen molar-refractivity contribution in [2.75, 3.05) is 5.32 Å². The molecule has 2 aliphatic carbocycles. The third-order valence-electron chi connectivity index (χ3n) is 4.73. The third kappa shape index (κ3) is 3.11. The van der Waals surface area contributed by atoms with Crippen LogP contribution < -0.4 is 5.32 Å². The first-order valence-electron chi connectivity index (χ1n) is 8.48. The average Bonchev–Trinajstić information content (AvgIpc) is 3.35. The molecule has 1 N–H and O–H groups in total. The third-order valence-corrected chi connectivity index (χ3v) is 4.73. The summed E-state index contributed by atoms with van der Waals surface area (Å²) in [5.74, 6) is 0.650. The average molecular weight is 311 g/mol. The Bertz CT molecular complexity index is 701. The first-order chi connectivity index (χ1) is 11.3. The second-order valence-electron chi connectivity index (χ2n) is 6.50. The lowest BCUT2D eigenvalue weighted by atomic mass is 9.96. The highest BCUT2D eigenvalue weighted by atomic mass is 16.1. The lowest BCUT2D eigenvalue weighted by Gasteiger charge is -2.21. The fraction of sp³-hybridized carbons (Fsp3) is 0.529. The van der Waals surface area contributed by atoms with E-state index in [1.165, 1.54) is 19.3 Å². The highest BCUT2D eigenvalue weighted by Gasteiger charge is 2.29. The molecule has 23 heavy (non-hydrogen) atoms. The molecule has 2 saturated carbocycles. The van der Waals surface area contributed by atoms with Gasteiger partial charge in [-0.15, -0.1) is 5.10 Å². The second kappa shape index (κ2) is 6.10. The molecular formula is C17H21N5O. The predicted molar refractivity (Wildman–Crippen MR) is 86.3 cm³/mol. The molecular weight excluding hydrogens is 290 g/mol. The Hall–Kier alpha value is -2.24. The van der Waals surface area contributed by atoms with Crippen LogP contribution in [0.5, 0.6) is 0 Å². The van der Waals surface area contributed by atoms with E-state index in [2.05, 4.69) is 20.4 Å². The summed E-state index contributed by atoms with van der Waals surface area (Å²) in [6, 6.07) is 4.05. The summed E-state index contributed by atoms with van der Waals surface area (Å²) in [5, 5.41) is 7.26. The monoisotopic (exact) mass is 311 g/mol. The SMILES string of the molecule is O=C(Nc1ncn(C2CCCCC2)n1)c1cccnc1C1CC1. The molecule has 2 aromatic rings. The first kappa shape index (κ1) is 14.4. The molecule has 0 aromatic carbocycles. The highest BCUT2D eigenvalue weighted by Crippen LogP contribution is 2.40. The van der Waals surface area contributed by atoms with Crippen LogP contribution >= 0.6 is 0 Å². The summed E-state index contributed by atoms with van der Waals surface area (Å²) >= 11 is 0. The molecule has 2 heterocycles. The van der Waals surface area contributed by atoms with E-state index in [1.54, 1.807) is 18.6 Å². The number of carbonyl (C=O) groups excluding carboxylic acids is 1. The van der Waals surface area contributed by atoms with Crippen LogP contribution in [0.15, 0.2) is 24.7 Å². The van der Waals surface area contributed by atoms with E-state index in [-0.39, 0.29) is 5.91 Å². The zero-order chi connectivity index (χ0) is 15.6. The maximum Gasteiger partial charge on any atom is 0.259 e. The number of rotatable bonds is 4. The fourth-order valence-corrected chi connectivity index (χ4v) is 3.31. The summed E-state index contributed by atoms with van der Waals surface area (Å²) < 4.78 is 1.90. The molecule has 0 spiro atoms. The van der Waals surface area contributed by atoms with Crippen LogP contribution in [0.1, 0.15) is 73.0 Å². The molecule has 0 aliphatic heterocycles. The van der Waals surface area contributed by atoms with Crippen molar-refractivity contribution < 1.29 is 4.79 Å². The number of hydrogen-bond donors (Lipinski definition) is 1. The molecule has 4 rings (SSSR count). The van der Waals surface area contributed by atoms with Gasteiger partial charge in [-0.05, 0) is 37.8 Å². The number of amides is 1. The number of carbonyl (C=O) groups is 1. The van der Waals surface area contributed by atoms with Gasteiger partial charge in [-0.3, -0.25) is 15.1 Å². The van der Waals surface area contributed by atoms with E-state index >= 15 is 0 Å². The minimum absolute atomic E-state index is 0.165. The molecule has 0 unspecified atom stereocenters. The predicted octanol–water partition coefficient (Wildman–Crippen LogP) is 3.31. The molecule has 2 aromatic heterocycles. The van der Waals surface area contributed by atoms with Crippen LogP contribution in [0.25, 0.3) is 0 Å². The normalized spacial score (nSPS) is 18.8. The second-order valence-corrected chi connectivity index (χ2v) is 6.50. The Labute approximate surface area is 135 Å². The minimum Gasteiger partial charge on any atom is -0.289 e. The van der Waals surface area contributed by atoms with Crippen LogP contribution in [0.2, 0.25) is 0 Å². The van der Waals surface area contributed by atoms with Gasteiger partial charge in [0.1, 0.15) is 6.33 Å². The van der Waals surface area contributed by atoms with Crippen molar-refractivity contribution in [2.45, 2.75) is 56.9 Å². The van der Waals surface area contributed by atoms with Gasteiger partial charge in [-0.2, -0.15) is 0 Å². The van der Waals surface area contributed by atoms with Gasteiger partial charge >= 0.3 is 0 Å². The summed E-state index contributed by atoms with van der Waals surface area (Å²) in [6.45, 7) is 0. The molecule has 1 amide bonds. The van der Waals surface area contributed by atoms with Crippen molar-refractivity contribution >= 4 is 11.9 Å². The summed E-state index contributed by atoms with van der Waals surface area (Å²) in [7, 11) is 0. The zero-order valence-corrected chi connectivity index (χ0v) is 13.1. The molecule has 0 saturated heterocycles. The summed E-state index contributed by atoms with van der Waals surface area (Å²) in [5.41, 5.74) is 1.54. The molecule has 6 heteroatoms. The summed E-state index contributed by atoms with van der Waals surface area (Å²) in [4.78, 5) is 21.1. The van der Waals surface area contributed by atoms with Gasteiger partial charge in [0.15, 0.2) is 0 Å². The number of nitrogens with zero attached hydrogens (tertiary/aromatic N) is 4. The van der Waals surface area contributed by atoms with Gasteiger partial charge in [0.25, 0.3) is 5.91 Å². The number of nitrogens with one attached hydrogen (secondary N) is 1. The largest absolute Gasteiger partial charge is 0.289 e. The van der Waals surface area contributed by atoms with Crippen molar-refractivity contribution in [3.8, 4) is 0 Å². The maximum atomic E-state index is 12.5. The summed E-state index contributed by atoms with van der Waals surface area (Å²) in [6.07, 6.45) is 11.8. The van der Waals surface area contributed by atoms with Crippen LogP contribution in [-0.2, 0) is 0 Å². The number of anilines is 1. The Morgan fingerprint density at radius 1 is 1.13 bits per heavy atom. The van der Waals surface area contributed by atoms with Gasteiger partial charge in [-0.25, -0.2) is 9.67 Å². The van der Waals surface area contributed by atoms with E-state index in [9.17, 15) is 4.79 Å². The van der Waals surface area contributed by atoms with Crippen LogP contribution in [0, 0.1) is 0 Å². The number of hydrogen-bond acceptors (Lipinski definition) is 4. The lowest BCUT2D eigenvalue weighted by Crippen LogP contribution is -2.17. The van der Waals surface area contributed by atoms with Crippen molar-refractivity contribution in [2.24, 2.45) is 0 Å². The highest BCUT2D eigenvalue weighted by molar-refractivity contribution is 6.04. The van der Waals surface area contributed by atoms with E-state index in [1.807, 2.05) is 10.7 Å². The number of pyridine rings is 1. The zero-order valence-electron chi connectivity index (χ0n) is 13.1. The Morgan fingerprint density at radius 2 is 1.96 bits per heavy atom. The molecule has 0 atom stereocenters. The van der Waals surface area contributed by atoms with E-state index in [4.69, 9.17) is 0 Å². The first-order valence-corrected chi connectivity index (χ1v) is 8.48. The van der Waals surface area contributed by atoms with Crippen molar-refractivity contribution in [1.29, 1.82) is 0 Å². The Morgan fingerprint density at radius 3 is 2.74 bits per heavy atom. The topological polar surface area (TPSA) is 72.7 Å². The van der Waals surface area contributed by atoms with E-state index in [0.29, 0.717) is 23.5 Å². The lowest BCUT2D eigenvalue weighted by molar-refractivity contribution is 0.102. The minimum atomic E-state index is -0.165. The van der Waals surface area contributed by atoms with Gasteiger partial charge < -0.3 is 0 Å². The van der Waals surface area contributed by atoms with Gasteiger partial charge in [-0.1, -0.05) is 19.3 Å². The van der Waals surface area contributed by atoms with Crippen LogP contribution in [0.3, 0.4) is 0 Å². The number of aromatic nitrogens is 4. The van der Waals surface area contributed by atoms with Crippen molar-refractivity contribution in [3.05, 3.63) is 35.9 Å². The van der Waals surface area contributed by atoms with Gasteiger partial charge in [0, 0.05) is 12.1 Å². The van der Waals surface area contributed by atoms with Gasteiger partial charge in [0.2, 0.25) is 5.95 Å². The molecule has 0 radical (unpaired) electrons.